The highest BCUT2D eigenvalue weighted by atomic mass is 32.1. The third-order valence-corrected chi connectivity index (χ3v) is 3.04. The van der Waals surface area contributed by atoms with Crippen molar-refractivity contribution in [3.8, 4) is 0 Å². The van der Waals surface area contributed by atoms with Crippen LogP contribution in [-0.2, 0) is 16.0 Å². The Morgan fingerprint density at radius 2 is 2.11 bits per heavy atom. The molecule has 0 aromatic heterocycles. The Labute approximate surface area is 117 Å². The maximum Gasteiger partial charge on any atom is 0.407 e. The fourth-order valence-electron chi connectivity index (χ4n) is 1.60. The highest BCUT2D eigenvalue weighted by Crippen LogP contribution is 2.10. The van der Waals surface area contributed by atoms with Crippen LogP contribution in [0.3, 0.4) is 0 Å². The van der Waals surface area contributed by atoms with Crippen LogP contribution in [0.2, 0.25) is 0 Å². The molecular weight excluding hydrogens is 266 g/mol. The summed E-state index contributed by atoms with van der Waals surface area (Å²) in [5.74, 6) is -0.743. The summed E-state index contributed by atoms with van der Waals surface area (Å²) >= 11 is 4.18. The van der Waals surface area contributed by atoms with E-state index >= 15 is 0 Å². The number of carboxylic acids is 1. The van der Waals surface area contributed by atoms with Gasteiger partial charge in [0.25, 0.3) is 0 Å². The molecule has 6 heteroatoms. The molecule has 0 radical (unpaired) electrons. The number of benzene rings is 1. The summed E-state index contributed by atoms with van der Waals surface area (Å²) in [7, 11) is 0. The summed E-state index contributed by atoms with van der Waals surface area (Å²) in [6.07, 6.45) is -0.117. The molecule has 0 unspecified atom stereocenters. The molecular formula is C13H17NO4S. The Balaban J connectivity index is 2.52. The van der Waals surface area contributed by atoms with Crippen molar-refractivity contribution in [2.75, 3.05) is 12.4 Å². The number of aryl methyl sites for hydroxylation is 1. The minimum Gasteiger partial charge on any atom is -0.479 e. The third-order valence-electron chi connectivity index (χ3n) is 2.60. The predicted octanol–water partition coefficient (Wildman–Crippen LogP) is 1.65. The molecule has 104 valence electrons. The zero-order chi connectivity index (χ0) is 14.3. The van der Waals surface area contributed by atoms with E-state index in [2.05, 4.69) is 22.7 Å². The Bertz CT molecular complexity index is 450. The Kier molecular flexibility index (Phi) is 6.21. The van der Waals surface area contributed by atoms with Crippen molar-refractivity contribution in [1.82, 2.24) is 5.32 Å². The molecule has 0 aliphatic heterocycles. The lowest BCUT2D eigenvalue weighted by Crippen LogP contribution is -2.39. The van der Waals surface area contributed by atoms with E-state index < -0.39 is 18.7 Å². The van der Waals surface area contributed by atoms with Crippen LogP contribution in [0.5, 0.6) is 0 Å². The van der Waals surface area contributed by atoms with Crippen molar-refractivity contribution >= 4 is 24.7 Å². The van der Waals surface area contributed by atoms with Crippen LogP contribution >= 0.6 is 12.6 Å². The number of carbonyl (C=O) groups is 2. The maximum atomic E-state index is 11.4. The zero-order valence-electron chi connectivity index (χ0n) is 10.6. The maximum absolute atomic E-state index is 11.4. The van der Waals surface area contributed by atoms with E-state index in [0.717, 1.165) is 11.1 Å². The number of rotatable bonds is 6. The highest BCUT2D eigenvalue weighted by molar-refractivity contribution is 7.80. The van der Waals surface area contributed by atoms with Crippen LogP contribution in [0.25, 0.3) is 0 Å². The van der Waals surface area contributed by atoms with Crippen LogP contribution < -0.4 is 5.32 Å². The van der Waals surface area contributed by atoms with Crippen molar-refractivity contribution < 1.29 is 19.4 Å². The third kappa shape index (κ3) is 5.65. The molecule has 0 spiro atoms. The smallest absolute Gasteiger partial charge is 0.407 e. The number of carboxylic acid groups (broad SMARTS) is 1. The van der Waals surface area contributed by atoms with Gasteiger partial charge in [-0.3, -0.25) is 0 Å². The molecule has 0 aliphatic rings. The van der Waals surface area contributed by atoms with Gasteiger partial charge in [0.2, 0.25) is 0 Å². The van der Waals surface area contributed by atoms with Crippen molar-refractivity contribution in [3.63, 3.8) is 0 Å². The van der Waals surface area contributed by atoms with E-state index in [1.165, 1.54) is 0 Å². The van der Waals surface area contributed by atoms with Gasteiger partial charge in [-0.15, -0.1) is 0 Å². The molecule has 0 heterocycles. The number of alkyl carbamates (subject to hydrolysis) is 1. The van der Waals surface area contributed by atoms with E-state index in [1.807, 2.05) is 31.2 Å². The summed E-state index contributed by atoms with van der Waals surface area (Å²) in [4.78, 5) is 21.6. The molecule has 0 fully saturated rings. The molecule has 0 saturated carbocycles. The second-order valence-corrected chi connectivity index (χ2v) is 4.49. The van der Waals surface area contributed by atoms with Gasteiger partial charge in [0.15, 0.2) is 6.61 Å². The van der Waals surface area contributed by atoms with Gasteiger partial charge in [-0.25, -0.2) is 9.59 Å². The minimum absolute atomic E-state index is 0.203. The number of aliphatic carboxylic acids is 1. The Morgan fingerprint density at radius 1 is 1.42 bits per heavy atom. The molecule has 0 bridgehead atoms. The first-order chi connectivity index (χ1) is 9.02. The summed E-state index contributed by atoms with van der Waals surface area (Å²) in [5, 5.41) is 11.0. The second-order valence-electron chi connectivity index (χ2n) is 4.12. The molecule has 0 saturated heterocycles. The van der Waals surface area contributed by atoms with E-state index in [0.29, 0.717) is 12.2 Å². The summed E-state index contributed by atoms with van der Waals surface area (Å²) < 4.78 is 4.52. The predicted molar refractivity (Wildman–Crippen MR) is 74.6 cm³/mol. The highest BCUT2D eigenvalue weighted by Gasteiger charge is 2.14. The number of amides is 1. The number of thiol groups is 1. The van der Waals surface area contributed by atoms with E-state index in [4.69, 9.17) is 5.11 Å². The van der Waals surface area contributed by atoms with Crippen LogP contribution in [0.1, 0.15) is 11.1 Å². The Hall–Kier alpha value is -1.69. The van der Waals surface area contributed by atoms with E-state index in [1.54, 1.807) is 0 Å². The quantitative estimate of drug-likeness (QED) is 0.694. The molecule has 1 amide bonds. The minimum atomic E-state index is -1.18. The summed E-state index contributed by atoms with van der Waals surface area (Å²) in [5.41, 5.74) is 2.25. The standard InChI is InChI=1S/C13H17NO4S/c1-9-4-2-3-5-10(9)6-11(8-19)14-13(17)18-7-12(15)16/h2-5,11,19H,6-8H2,1H3,(H,14,17)(H,15,16)/t11-/m1/s1. The van der Waals surface area contributed by atoms with Gasteiger partial charge in [0.1, 0.15) is 0 Å². The first-order valence-electron chi connectivity index (χ1n) is 5.83. The van der Waals surface area contributed by atoms with Gasteiger partial charge in [-0.05, 0) is 24.5 Å². The van der Waals surface area contributed by atoms with E-state index in [9.17, 15) is 9.59 Å². The topological polar surface area (TPSA) is 75.6 Å². The fourth-order valence-corrected chi connectivity index (χ4v) is 1.82. The number of ether oxygens (including phenoxy) is 1. The van der Waals surface area contributed by atoms with Gasteiger partial charge in [0, 0.05) is 11.8 Å². The Morgan fingerprint density at radius 3 is 2.68 bits per heavy atom. The molecule has 5 nitrogen and oxygen atoms in total. The summed E-state index contributed by atoms with van der Waals surface area (Å²) in [6, 6.07) is 7.65. The molecule has 1 rings (SSSR count). The molecule has 0 aliphatic carbocycles. The SMILES string of the molecule is Cc1ccccc1C[C@H](CS)NC(=O)OCC(=O)O. The molecule has 19 heavy (non-hydrogen) atoms. The van der Waals surface area contributed by atoms with Crippen LogP contribution in [0, 0.1) is 6.92 Å². The average Bonchev–Trinajstić information content (AvgIpc) is 2.38. The number of carbonyl (C=O) groups excluding carboxylic acids is 1. The lowest BCUT2D eigenvalue weighted by atomic mass is 10.0. The monoisotopic (exact) mass is 283 g/mol. The van der Waals surface area contributed by atoms with Crippen LogP contribution in [0.15, 0.2) is 24.3 Å². The van der Waals surface area contributed by atoms with Gasteiger partial charge < -0.3 is 15.2 Å². The molecule has 1 aromatic rings. The number of nitrogens with one attached hydrogen (secondary N) is 1. The molecule has 1 atom stereocenters. The first kappa shape index (κ1) is 15.4. The summed E-state index contributed by atoms with van der Waals surface area (Å²) in [6.45, 7) is 1.35. The number of hydrogen-bond donors (Lipinski definition) is 3. The van der Waals surface area contributed by atoms with Gasteiger partial charge in [-0.1, -0.05) is 24.3 Å². The van der Waals surface area contributed by atoms with Crippen molar-refractivity contribution in [2.45, 2.75) is 19.4 Å². The molecule has 2 N–H and O–H groups in total. The molecule has 1 aromatic carbocycles. The fraction of sp³-hybridized carbons (Fsp3) is 0.385. The normalized spacial score (nSPS) is 11.7. The van der Waals surface area contributed by atoms with Crippen LogP contribution in [0.4, 0.5) is 4.79 Å². The lowest BCUT2D eigenvalue weighted by molar-refractivity contribution is -0.140. The van der Waals surface area contributed by atoms with Crippen LogP contribution in [-0.4, -0.2) is 35.6 Å². The van der Waals surface area contributed by atoms with Gasteiger partial charge >= 0.3 is 12.1 Å². The first-order valence-corrected chi connectivity index (χ1v) is 6.46. The van der Waals surface area contributed by atoms with Crippen molar-refractivity contribution in [3.05, 3.63) is 35.4 Å². The largest absolute Gasteiger partial charge is 0.479 e. The average molecular weight is 283 g/mol. The lowest BCUT2D eigenvalue weighted by Gasteiger charge is -2.17. The zero-order valence-corrected chi connectivity index (χ0v) is 11.5. The van der Waals surface area contributed by atoms with Gasteiger partial charge in [-0.2, -0.15) is 12.6 Å². The van der Waals surface area contributed by atoms with Crippen molar-refractivity contribution in [2.24, 2.45) is 0 Å². The van der Waals surface area contributed by atoms with Crippen molar-refractivity contribution in [1.29, 1.82) is 0 Å². The second kappa shape index (κ2) is 7.68. The van der Waals surface area contributed by atoms with Gasteiger partial charge in [0.05, 0.1) is 0 Å². The number of hydrogen-bond acceptors (Lipinski definition) is 4. The van der Waals surface area contributed by atoms with E-state index in [-0.39, 0.29) is 6.04 Å².